The average molecular weight is 249 g/mol. The van der Waals surface area contributed by atoms with Crippen LogP contribution in [0.1, 0.15) is 65.2 Å². The minimum absolute atomic E-state index is 0.345. The monoisotopic (exact) mass is 249 g/mol. The number of aromatic nitrogens is 1. The van der Waals surface area contributed by atoms with Gasteiger partial charge in [0.05, 0.1) is 0 Å². The van der Waals surface area contributed by atoms with Gasteiger partial charge in [-0.2, -0.15) is 0 Å². The topological polar surface area (TPSA) is 22.1 Å². The SMILES string of the molecule is CCCCCC(CCCCC)Oc1ccccn1. The lowest BCUT2D eigenvalue weighted by molar-refractivity contribution is 0.166. The van der Waals surface area contributed by atoms with Gasteiger partial charge in [-0.1, -0.05) is 45.6 Å². The standard InChI is InChI=1S/C16H27NO/c1-3-5-7-11-15(12-8-6-4-2)18-16-13-9-10-14-17-16/h9-10,13-15H,3-8,11-12H2,1-2H3. The van der Waals surface area contributed by atoms with Crippen LogP contribution < -0.4 is 4.74 Å². The molecule has 1 heterocycles. The number of nitrogens with zero attached hydrogens (tertiary/aromatic N) is 1. The van der Waals surface area contributed by atoms with E-state index in [1.54, 1.807) is 6.20 Å². The van der Waals surface area contributed by atoms with Crippen molar-refractivity contribution in [3.8, 4) is 5.88 Å². The fourth-order valence-electron chi connectivity index (χ4n) is 2.09. The molecule has 0 N–H and O–H groups in total. The minimum atomic E-state index is 0.345. The largest absolute Gasteiger partial charge is 0.474 e. The number of hydrogen-bond acceptors (Lipinski definition) is 2. The van der Waals surface area contributed by atoms with Crippen molar-refractivity contribution in [1.82, 2.24) is 4.98 Å². The van der Waals surface area contributed by atoms with E-state index in [4.69, 9.17) is 4.74 Å². The lowest BCUT2D eigenvalue weighted by Crippen LogP contribution is -2.17. The zero-order chi connectivity index (χ0) is 13.1. The van der Waals surface area contributed by atoms with Crippen LogP contribution in [0.4, 0.5) is 0 Å². The van der Waals surface area contributed by atoms with Gasteiger partial charge in [-0.15, -0.1) is 0 Å². The summed E-state index contributed by atoms with van der Waals surface area (Å²) in [5.41, 5.74) is 0. The van der Waals surface area contributed by atoms with Crippen molar-refractivity contribution in [2.75, 3.05) is 0 Å². The van der Waals surface area contributed by atoms with E-state index in [0.29, 0.717) is 6.10 Å². The molecule has 0 aromatic carbocycles. The molecule has 2 heteroatoms. The molecule has 0 amide bonds. The number of unbranched alkanes of at least 4 members (excludes halogenated alkanes) is 4. The Balaban J connectivity index is 2.37. The summed E-state index contributed by atoms with van der Waals surface area (Å²) >= 11 is 0. The van der Waals surface area contributed by atoms with Crippen molar-refractivity contribution in [3.63, 3.8) is 0 Å². The van der Waals surface area contributed by atoms with Crippen LogP contribution in [0.2, 0.25) is 0 Å². The zero-order valence-corrected chi connectivity index (χ0v) is 11.9. The van der Waals surface area contributed by atoms with Crippen LogP contribution in [0.15, 0.2) is 24.4 Å². The van der Waals surface area contributed by atoms with Crippen molar-refractivity contribution in [2.45, 2.75) is 71.3 Å². The van der Waals surface area contributed by atoms with E-state index < -0.39 is 0 Å². The second-order valence-corrected chi connectivity index (χ2v) is 4.90. The number of pyridine rings is 1. The van der Waals surface area contributed by atoms with Gasteiger partial charge in [-0.05, 0) is 31.7 Å². The van der Waals surface area contributed by atoms with Crippen LogP contribution in [-0.2, 0) is 0 Å². The molecular formula is C16H27NO. The molecule has 0 fully saturated rings. The molecule has 1 rings (SSSR count). The van der Waals surface area contributed by atoms with Gasteiger partial charge in [0.1, 0.15) is 6.10 Å². The van der Waals surface area contributed by atoms with E-state index in [0.717, 1.165) is 18.7 Å². The van der Waals surface area contributed by atoms with Crippen LogP contribution in [0, 0.1) is 0 Å². The van der Waals surface area contributed by atoms with Gasteiger partial charge in [0.15, 0.2) is 0 Å². The maximum absolute atomic E-state index is 6.00. The molecule has 0 aliphatic heterocycles. The highest BCUT2D eigenvalue weighted by Crippen LogP contribution is 2.17. The maximum Gasteiger partial charge on any atom is 0.213 e. The predicted octanol–water partition coefficient (Wildman–Crippen LogP) is 4.99. The van der Waals surface area contributed by atoms with Gasteiger partial charge < -0.3 is 4.74 Å². The maximum atomic E-state index is 6.00. The minimum Gasteiger partial charge on any atom is -0.474 e. The fourth-order valence-corrected chi connectivity index (χ4v) is 2.09. The van der Waals surface area contributed by atoms with E-state index in [9.17, 15) is 0 Å². The summed E-state index contributed by atoms with van der Waals surface area (Å²) in [5.74, 6) is 0.774. The summed E-state index contributed by atoms with van der Waals surface area (Å²) in [5, 5.41) is 0. The molecule has 0 spiro atoms. The van der Waals surface area contributed by atoms with Crippen LogP contribution >= 0.6 is 0 Å². The third kappa shape index (κ3) is 6.63. The molecule has 0 aliphatic rings. The molecule has 102 valence electrons. The first-order valence-corrected chi connectivity index (χ1v) is 7.44. The Morgan fingerprint density at radius 2 is 1.67 bits per heavy atom. The van der Waals surface area contributed by atoms with Crippen molar-refractivity contribution in [2.24, 2.45) is 0 Å². The molecule has 0 saturated heterocycles. The Morgan fingerprint density at radius 1 is 1.00 bits per heavy atom. The average Bonchev–Trinajstić information content (AvgIpc) is 2.40. The highest BCUT2D eigenvalue weighted by atomic mass is 16.5. The first kappa shape index (κ1) is 15.0. The summed E-state index contributed by atoms with van der Waals surface area (Å²) in [6, 6.07) is 5.86. The normalized spacial score (nSPS) is 10.8. The Kier molecular flexibility index (Phi) is 8.28. The molecule has 1 aromatic heterocycles. The van der Waals surface area contributed by atoms with Gasteiger partial charge in [0.2, 0.25) is 5.88 Å². The van der Waals surface area contributed by atoms with Crippen LogP contribution in [0.5, 0.6) is 5.88 Å². The van der Waals surface area contributed by atoms with E-state index in [1.807, 2.05) is 18.2 Å². The molecule has 0 atom stereocenters. The Morgan fingerprint density at radius 3 is 2.17 bits per heavy atom. The van der Waals surface area contributed by atoms with Crippen molar-refractivity contribution in [1.29, 1.82) is 0 Å². The highest BCUT2D eigenvalue weighted by molar-refractivity contribution is 5.09. The van der Waals surface area contributed by atoms with E-state index in [2.05, 4.69) is 18.8 Å². The van der Waals surface area contributed by atoms with Gasteiger partial charge in [-0.25, -0.2) is 4.98 Å². The van der Waals surface area contributed by atoms with Crippen molar-refractivity contribution in [3.05, 3.63) is 24.4 Å². The van der Waals surface area contributed by atoms with E-state index in [1.165, 1.54) is 38.5 Å². The summed E-state index contributed by atoms with van der Waals surface area (Å²) in [6.45, 7) is 4.48. The van der Waals surface area contributed by atoms with Crippen LogP contribution in [0.25, 0.3) is 0 Å². The lowest BCUT2D eigenvalue weighted by Gasteiger charge is -2.18. The quantitative estimate of drug-likeness (QED) is 0.545. The lowest BCUT2D eigenvalue weighted by atomic mass is 10.0. The molecule has 18 heavy (non-hydrogen) atoms. The van der Waals surface area contributed by atoms with Crippen LogP contribution in [-0.4, -0.2) is 11.1 Å². The first-order chi connectivity index (χ1) is 8.86. The molecule has 0 unspecified atom stereocenters. The summed E-state index contributed by atoms with van der Waals surface area (Å²) < 4.78 is 6.00. The van der Waals surface area contributed by atoms with E-state index >= 15 is 0 Å². The Hall–Kier alpha value is -1.05. The van der Waals surface area contributed by atoms with Crippen molar-refractivity contribution >= 4 is 0 Å². The fraction of sp³-hybridized carbons (Fsp3) is 0.688. The summed E-state index contributed by atoms with van der Waals surface area (Å²) in [7, 11) is 0. The zero-order valence-electron chi connectivity index (χ0n) is 11.9. The highest BCUT2D eigenvalue weighted by Gasteiger charge is 2.10. The predicted molar refractivity (Wildman–Crippen MR) is 76.9 cm³/mol. The first-order valence-electron chi connectivity index (χ1n) is 7.44. The third-order valence-corrected chi connectivity index (χ3v) is 3.18. The smallest absolute Gasteiger partial charge is 0.213 e. The number of ether oxygens (including phenoxy) is 1. The molecule has 1 aromatic rings. The van der Waals surface area contributed by atoms with Gasteiger partial charge >= 0.3 is 0 Å². The van der Waals surface area contributed by atoms with Gasteiger partial charge in [0, 0.05) is 12.3 Å². The molecular weight excluding hydrogens is 222 g/mol. The van der Waals surface area contributed by atoms with Crippen molar-refractivity contribution < 1.29 is 4.74 Å². The number of rotatable bonds is 10. The molecule has 0 bridgehead atoms. The second-order valence-electron chi connectivity index (χ2n) is 4.90. The Labute approximate surface area is 112 Å². The summed E-state index contributed by atoms with van der Waals surface area (Å²) in [6.07, 6.45) is 12.1. The molecule has 0 aliphatic carbocycles. The van der Waals surface area contributed by atoms with E-state index in [-0.39, 0.29) is 0 Å². The second kappa shape index (κ2) is 9.93. The summed E-state index contributed by atoms with van der Waals surface area (Å²) in [4.78, 5) is 4.25. The van der Waals surface area contributed by atoms with Gasteiger partial charge in [-0.3, -0.25) is 0 Å². The van der Waals surface area contributed by atoms with Gasteiger partial charge in [0.25, 0.3) is 0 Å². The molecule has 2 nitrogen and oxygen atoms in total. The number of hydrogen-bond donors (Lipinski definition) is 0. The molecule has 0 saturated carbocycles. The Bertz CT molecular complexity index is 276. The third-order valence-electron chi connectivity index (χ3n) is 3.18. The molecule has 0 radical (unpaired) electrons. The van der Waals surface area contributed by atoms with Crippen LogP contribution in [0.3, 0.4) is 0 Å².